The van der Waals surface area contributed by atoms with Crippen LogP contribution in [0.25, 0.3) is 0 Å². The van der Waals surface area contributed by atoms with Gasteiger partial charge < -0.3 is 10.5 Å². The molecular weight excluding hydrogens is 202 g/mol. The fourth-order valence-electron chi connectivity index (χ4n) is 0.984. The fraction of sp³-hybridized carbons (Fsp3) is 0.300. The number of hydrogen-bond donors (Lipinski definition) is 1. The number of halogens is 1. The number of rotatable bonds is 3. The molecule has 0 spiro atoms. The third-order valence-corrected chi connectivity index (χ3v) is 2.02. The van der Waals surface area contributed by atoms with Crippen LogP contribution >= 0.6 is 11.6 Å². The van der Waals surface area contributed by atoms with Crippen LogP contribution in [0.2, 0.25) is 5.02 Å². The Kier molecular flexibility index (Phi) is 3.77. The van der Waals surface area contributed by atoms with Crippen LogP contribution in [0.4, 0.5) is 5.69 Å². The summed E-state index contributed by atoms with van der Waals surface area (Å²) in [5, 5.41) is 0.395. The molecule has 3 nitrogen and oxygen atoms in total. The first-order valence-corrected chi connectivity index (χ1v) is 4.77. The van der Waals surface area contributed by atoms with E-state index in [1.807, 2.05) is 6.92 Å². The number of nitrogen functional groups attached to an aromatic ring is 1. The van der Waals surface area contributed by atoms with Gasteiger partial charge in [-0.05, 0) is 18.6 Å². The van der Waals surface area contributed by atoms with E-state index in [-0.39, 0.29) is 5.97 Å². The van der Waals surface area contributed by atoms with E-state index in [1.165, 1.54) is 0 Å². The smallest absolute Gasteiger partial charge is 0.311 e. The number of carbonyl (C=O) groups excluding carboxylic acids is 1. The highest BCUT2D eigenvalue weighted by Gasteiger charge is 2.08. The van der Waals surface area contributed by atoms with Crippen LogP contribution in [0.3, 0.4) is 0 Å². The topological polar surface area (TPSA) is 52.3 Å². The van der Waals surface area contributed by atoms with Crippen LogP contribution in [-0.2, 0) is 4.79 Å². The van der Waals surface area contributed by atoms with Crippen molar-refractivity contribution in [2.24, 2.45) is 0 Å². The first kappa shape index (κ1) is 10.9. The first-order valence-electron chi connectivity index (χ1n) is 4.39. The number of hydrogen-bond acceptors (Lipinski definition) is 3. The molecule has 0 radical (unpaired) electrons. The van der Waals surface area contributed by atoms with Crippen LogP contribution in [0.5, 0.6) is 5.75 Å². The lowest BCUT2D eigenvalue weighted by Gasteiger charge is -2.07. The molecule has 1 rings (SSSR count). The van der Waals surface area contributed by atoms with Gasteiger partial charge in [-0.25, -0.2) is 0 Å². The largest absolute Gasteiger partial charge is 0.424 e. The summed E-state index contributed by atoms with van der Waals surface area (Å²) in [4.78, 5) is 11.2. The summed E-state index contributed by atoms with van der Waals surface area (Å²) in [7, 11) is 0. The molecular formula is C10H12ClNO2. The molecule has 14 heavy (non-hydrogen) atoms. The van der Waals surface area contributed by atoms with Crippen molar-refractivity contribution in [1.29, 1.82) is 0 Å². The second-order valence-electron chi connectivity index (χ2n) is 2.88. The van der Waals surface area contributed by atoms with Crippen molar-refractivity contribution in [3.63, 3.8) is 0 Å². The van der Waals surface area contributed by atoms with Crippen molar-refractivity contribution < 1.29 is 9.53 Å². The molecule has 0 fully saturated rings. The number of carbonyl (C=O) groups is 1. The zero-order valence-corrected chi connectivity index (χ0v) is 8.67. The lowest BCUT2D eigenvalue weighted by molar-refractivity contribution is -0.134. The summed E-state index contributed by atoms with van der Waals surface area (Å²) in [6, 6.07) is 4.95. The van der Waals surface area contributed by atoms with Crippen LogP contribution in [0, 0.1) is 0 Å². The van der Waals surface area contributed by atoms with Gasteiger partial charge in [0.15, 0.2) is 5.75 Å². The van der Waals surface area contributed by atoms with Crippen LogP contribution in [-0.4, -0.2) is 5.97 Å². The summed E-state index contributed by atoms with van der Waals surface area (Å²) in [5.41, 5.74) is 5.92. The quantitative estimate of drug-likeness (QED) is 0.477. The van der Waals surface area contributed by atoms with Gasteiger partial charge in [0.05, 0.1) is 10.7 Å². The van der Waals surface area contributed by atoms with Crippen LogP contribution in [0.15, 0.2) is 18.2 Å². The van der Waals surface area contributed by atoms with E-state index in [2.05, 4.69) is 0 Å². The molecule has 0 aliphatic rings. The molecule has 0 unspecified atom stereocenters. The fourth-order valence-corrected chi connectivity index (χ4v) is 1.15. The maximum atomic E-state index is 11.2. The van der Waals surface area contributed by atoms with Crippen LogP contribution in [0.1, 0.15) is 19.8 Å². The van der Waals surface area contributed by atoms with E-state index in [0.29, 0.717) is 22.9 Å². The molecule has 0 atom stereocenters. The molecule has 76 valence electrons. The number of benzene rings is 1. The van der Waals surface area contributed by atoms with Gasteiger partial charge in [0.2, 0.25) is 0 Å². The molecule has 0 aliphatic carbocycles. The number of para-hydroxylation sites is 1. The Bertz CT molecular complexity index is 339. The van der Waals surface area contributed by atoms with E-state index < -0.39 is 0 Å². The van der Waals surface area contributed by atoms with Gasteiger partial charge in [-0.15, -0.1) is 0 Å². The number of esters is 1. The van der Waals surface area contributed by atoms with E-state index in [0.717, 1.165) is 6.42 Å². The zero-order chi connectivity index (χ0) is 10.6. The number of anilines is 1. The summed E-state index contributed by atoms with van der Waals surface area (Å²) < 4.78 is 5.02. The first-order chi connectivity index (χ1) is 6.65. The highest BCUT2D eigenvalue weighted by atomic mass is 35.5. The van der Waals surface area contributed by atoms with Gasteiger partial charge in [-0.2, -0.15) is 0 Å². The van der Waals surface area contributed by atoms with Gasteiger partial charge in [0, 0.05) is 6.42 Å². The summed E-state index contributed by atoms with van der Waals surface area (Å²) in [6.45, 7) is 1.91. The van der Waals surface area contributed by atoms with Gasteiger partial charge in [0.1, 0.15) is 0 Å². The monoisotopic (exact) mass is 213 g/mol. The molecule has 0 saturated carbocycles. The van der Waals surface area contributed by atoms with Crippen molar-refractivity contribution >= 4 is 23.3 Å². The zero-order valence-electron chi connectivity index (χ0n) is 7.92. The minimum atomic E-state index is -0.290. The van der Waals surface area contributed by atoms with Gasteiger partial charge in [-0.1, -0.05) is 24.6 Å². The molecule has 0 saturated heterocycles. The van der Waals surface area contributed by atoms with Crippen molar-refractivity contribution in [2.45, 2.75) is 19.8 Å². The third-order valence-electron chi connectivity index (χ3n) is 1.69. The molecule has 0 heterocycles. The molecule has 0 bridgehead atoms. The minimum absolute atomic E-state index is 0.290. The third kappa shape index (κ3) is 2.64. The Hall–Kier alpha value is -1.22. The Labute approximate surface area is 87.8 Å². The predicted molar refractivity (Wildman–Crippen MR) is 56.4 cm³/mol. The van der Waals surface area contributed by atoms with Crippen LogP contribution < -0.4 is 10.5 Å². The Balaban J connectivity index is 2.76. The number of nitrogens with two attached hydrogens (primary N) is 1. The van der Waals surface area contributed by atoms with Crippen molar-refractivity contribution in [2.75, 3.05) is 5.73 Å². The predicted octanol–water partition coefficient (Wildman–Crippen LogP) is 2.63. The van der Waals surface area contributed by atoms with Crippen molar-refractivity contribution in [1.82, 2.24) is 0 Å². The molecule has 0 aromatic heterocycles. The highest BCUT2D eigenvalue weighted by Crippen LogP contribution is 2.28. The molecule has 4 heteroatoms. The lowest BCUT2D eigenvalue weighted by atomic mass is 10.3. The Morgan fingerprint density at radius 3 is 2.93 bits per heavy atom. The molecule has 0 aliphatic heterocycles. The van der Waals surface area contributed by atoms with Gasteiger partial charge in [0.25, 0.3) is 0 Å². The van der Waals surface area contributed by atoms with Gasteiger partial charge >= 0.3 is 5.97 Å². The second-order valence-corrected chi connectivity index (χ2v) is 3.28. The SMILES string of the molecule is CCCC(=O)Oc1cccc(Cl)c1N. The van der Waals surface area contributed by atoms with Crippen molar-refractivity contribution in [3.8, 4) is 5.75 Å². The Morgan fingerprint density at radius 2 is 2.29 bits per heavy atom. The maximum Gasteiger partial charge on any atom is 0.311 e. The lowest BCUT2D eigenvalue weighted by Crippen LogP contribution is -2.08. The maximum absolute atomic E-state index is 11.2. The molecule has 2 N–H and O–H groups in total. The van der Waals surface area contributed by atoms with E-state index >= 15 is 0 Å². The van der Waals surface area contributed by atoms with E-state index in [4.69, 9.17) is 22.1 Å². The number of ether oxygens (including phenoxy) is 1. The summed E-state index contributed by atoms with van der Waals surface area (Å²) in [5.74, 6) is 0.0393. The molecule has 1 aromatic carbocycles. The second kappa shape index (κ2) is 4.86. The minimum Gasteiger partial charge on any atom is -0.424 e. The summed E-state index contributed by atoms with van der Waals surface area (Å²) >= 11 is 5.76. The van der Waals surface area contributed by atoms with E-state index in [1.54, 1.807) is 18.2 Å². The van der Waals surface area contributed by atoms with E-state index in [9.17, 15) is 4.79 Å². The van der Waals surface area contributed by atoms with Gasteiger partial charge in [-0.3, -0.25) is 4.79 Å². The molecule has 1 aromatic rings. The Morgan fingerprint density at radius 1 is 1.57 bits per heavy atom. The van der Waals surface area contributed by atoms with Crippen molar-refractivity contribution in [3.05, 3.63) is 23.2 Å². The average Bonchev–Trinajstić information content (AvgIpc) is 2.13. The average molecular weight is 214 g/mol. The molecule has 0 amide bonds. The summed E-state index contributed by atoms with van der Waals surface area (Å²) in [6.07, 6.45) is 1.13. The highest BCUT2D eigenvalue weighted by molar-refractivity contribution is 6.33. The standard InChI is InChI=1S/C10H12ClNO2/c1-2-4-9(13)14-8-6-3-5-7(11)10(8)12/h3,5-6H,2,4,12H2,1H3. The normalized spacial score (nSPS) is 9.86.